The molecule has 19 heavy (non-hydrogen) atoms. The van der Waals surface area contributed by atoms with Crippen LogP contribution in [0.4, 0.5) is 0 Å². The molecule has 2 saturated carbocycles. The lowest BCUT2D eigenvalue weighted by Gasteiger charge is -2.39. The van der Waals surface area contributed by atoms with Crippen molar-refractivity contribution >= 4 is 0 Å². The number of fused-ring (bicyclic) bond motifs is 1. The van der Waals surface area contributed by atoms with Crippen molar-refractivity contribution in [1.29, 1.82) is 0 Å². The lowest BCUT2D eigenvalue weighted by molar-refractivity contribution is 0.143. The lowest BCUT2D eigenvalue weighted by atomic mass is 9.69. The maximum atomic E-state index is 5.23. The maximum absolute atomic E-state index is 5.23. The van der Waals surface area contributed by atoms with Crippen LogP contribution in [0.15, 0.2) is 4.52 Å². The smallest absolute Gasteiger partial charge is 0.138 e. The molecule has 0 bridgehead atoms. The van der Waals surface area contributed by atoms with Gasteiger partial charge in [-0.25, -0.2) is 0 Å². The van der Waals surface area contributed by atoms with Gasteiger partial charge in [0.05, 0.1) is 5.69 Å². The van der Waals surface area contributed by atoms with Gasteiger partial charge in [-0.15, -0.1) is 0 Å². The summed E-state index contributed by atoms with van der Waals surface area (Å²) in [4.78, 5) is 0. The Bertz CT molecular complexity index is 407. The van der Waals surface area contributed by atoms with Crippen molar-refractivity contribution in [3.63, 3.8) is 0 Å². The van der Waals surface area contributed by atoms with Gasteiger partial charge in [0.2, 0.25) is 0 Å². The first-order valence-electron chi connectivity index (χ1n) is 7.89. The largest absolute Gasteiger partial charge is 0.361 e. The van der Waals surface area contributed by atoms with Crippen molar-refractivity contribution in [2.45, 2.75) is 71.4 Å². The number of aryl methyl sites for hydroxylation is 2. The molecule has 1 aromatic rings. The average Bonchev–Trinajstić information content (AvgIpc) is 2.76. The summed E-state index contributed by atoms with van der Waals surface area (Å²) in [7, 11) is 0. The molecule has 2 aliphatic rings. The third kappa shape index (κ3) is 2.86. The van der Waals surface area contributed by atoms with Gasteiger partial charge in [-0.2, -0.15) is 0 Å². The minimum atomic E-state index is 0.702. The van der Waals surface area contributed by atoms with Gasteiger partial charge >= 0.3 is 0 Å². The molecule has 0 aromatic carbocycles. The van der Waals surface area contributed by atoms with Crippen LogP contribution < -0.4 is 5.32 Å². The molecule has 0 amide bonds. The van der Waals surface area contributed by atoms with Gasteiger partial charge in [0.25, 0.3) is 0 Å². The van der Waals surface area contributed by atoms with Crippen LogP contribution in [0, 0.1) is 25.7 Å². The van der Waals surface area contributed by atoms with Gasteiger partial charge in [-0.1, -0.05) is 30.8 Å². The fourth-order valence-electron chi connectivity index (χ4n) is 4.06. The lowest BCUT2D eigenvalue weighted by Crippen LogP contribution is -2.38. The first-order valence-corrected chi connectivity index (χ1v) is 7.89. The van der Waals surface area contributed by atoms with E-state index in [1.165, 1.54) is 50.5 Å². The Morgan fingerprint density at radius 3 is 2.63 bits per heavy atom. The monoisotopic (exact) mass is 262 g/mol. The Morgan fingerprint density at radius 1 is 1.11 bits per heavy atom. The summed E-state index contributed by atoms with van der Waals surface area (Å²) in [5, 5.41) is 7.77. The molecule has 0 saturated heterocycles. The van der Waals surface area contributed by atoms with E-state index in [9.17, 15) is 0 Å². The van der Waals surface area contributed by atoms with E-state index >= 15 is 0 Å². The summed E-state index contributed by atoms with van der Waals surface area (Å²) in [5.41, 5.74) is 2.29. The fraction of sp³-hybridized carbons (Fsp3) is 0.812. The third-order valence-electron chi connectivity index (χ3n) is 5.29. The van der Waals surface area contributed by atoms with Gasteiger partial charge in [0, 0.05) is 18.2 Å². The molecule has 1 aromatic heterocycles. The third-order valence-corrected chi connectivity index (χ3v) is 5.29. The Kier molecular flexibility index (Phi) is 3.92. The highest BCUT2D eigenvalue weighted by atomic mass is 16.5. The van der Waals surface area contributed by atoms with E-state index in [-0.39, 0.29) is 0 Å². The molecular weight excluding hydrogens is 236 g/mol. The molecule has 3 nitrogen and oxygen atoms in total. The first-order chi connectivity index (χ1) is 9.24. The standard InChI is InChI=1S/C16H26N2O/c1-11-16(12(2)19-18-11)10-17-15-8-7-13-5-3-4-6-14(13)9-15/h13-15,17H,3-10H2,1-2H3. The van der Waals surface area contributed by atoms with Crippen molar-refractivity contribution in [3.05, 3.63) is 17.0 Å². The van der Waals surface area contributed by atoms with Gasteiger partial charge in [0.15, 0.2) is 0 Å². The second-order valence-electron chi connectivity index (χ2n) is 6.50. The fourth-order valence-corrected chi connectivity index (χ4v) is 4.06. The molecule has 2 aliphatic carbocycles. The molecule has 2 fully saturated rings. The average molecular weight is 262 g/mol. The Labute approximate surface area is 116 Å². The highest BCUT2D eigenvalue weighted by molar-refractivity contribution is 5.20. The summed E-state index contributed by atoms with van der Waals surface area (Å²) >= 11 is 0. The molecule has 106 valence electrons. The molecule has 1 heterocycles. The van der Waals surface area contributed by atoms with E-state index in [1.807, 2.05) is 13.8 Å². The normalized spacial score (nSPS) is 31.2. The zero-order valence-corrected chi connectivity index (χ0v) is 12.2. The number of rotatable bonds is 3. The van der Waals surface area contributed by atoms with Crippen molar-refractivity contribution in [2.75, 3.05) is 0 Å². The van der Waals surface area contributed by atoms with Crippen LogP contribution in [0.2, 0.25) is 0 Å². The van der Waals surface area contributed by atoms with Crippen LogP contribution >= 0.6 is 0 Å². The number of nitrogens with one attached hydrogen (secondary N) is 1. The van der Waals surface area contributed by atoms with Crippen LogP contribution in [0.5, 0.6) is 0 Å². The minimum absolute atomic E-state index is 0.702. The Morgan fingerprint density at radius 2 is 1.89 bits per heavy atom. The SMILES string of the molecule is Cc1noc(C)c1CNC1CCC2CCCCC2C1. The molecular formula is C16H26N2O. The van der Waals surface area contributed by atoms with Gasteiger partial charge in [-0.05, 0) is 44.9 Å². The predicted molar refractivity (Wildman–Crippen MR) is 75.9 cm³/mol. The molecule has 3 heteroatoms. The van der Waals surface area contributed by atoms with Crippen molar-refractivity contribution in [3.8, 4) is 0 Å². The van der Waals surface area contributed by atoms with E-state index < -0.39 is 0 Å². The Hall–Kier alpha value is -0.830. The Balaban J connectivity index is 1.54. The van der Waals surface area contributed by atoms with E-state index in [1.54, 1.807) is 0 Å². The highest BCUT2D eigenvalue weighted by Gasteiger charge is 2.31. The summed E-state index contributed by atoms with van der Waals surface area (Å²) in [5.74, 6) is 2.99. The van der Waals surface area contributed by atoms with Crippen LogP contribution in [-0.4, -0.2) is 11.2 Å². The zero-order valence-electron chi connectivity index (χ0n) is 12.2. The second-order valence-corrected chi connectivity index (χ2v) is 6.50. The van der Waals surface area contributed by atoms with E-state index in [2.05, 4.69) is 10.5 Å². The van der Waals surface area contributed by atoms with Gasteiger partial charge < -0.3 is 9.84 Å². The topological polar surface area (TPSA) is 38.1 Å². The van der Waals surface area contributed by atoms with Gasteiger partial charge in [0.1, 0.15) is 5.76 Å². The first kappa shape index (κ1) is 13.2. The van der Waals surface area contributed by atoms with E-state index in [0.29, 0.717) is 6.04 Å². The van der Waals surface area contributed by atoms with Crippen LogP contribution in [-0.2, 0) is 6.54 Å². The summed E-state index contributed by atoms with van der Waals surface area (Å²) in [6.07, 6.45) is 10.0. The second kappa shape index (κ2) is 5.66. The summed E-state index contributed by atoms with van der Waals surface area (Å²) < 4.78 is 5.23. The molecule has 3 unspecified atom stereocenters. The van der Waals surface area contributed by atoms with Crippen LogP contribution in [0.1, 0.15) is 62.0 Å². The summed E-state index contributed by atoms with van der Waals surface area (Å²) in [6, 6.07) is 0.702. The van der Waals surface area contributed by atoms with Crippen molar-refractivity contribution in [2.24, 2.45) is 11.8 Å². The van der Waals surface area contributed by atoms with Crippen molar-refractivity contribution < 1.29 is 4.52 Å². The van der Waals surface area contributed by atoms with E-state index in [0.717, 1.165) is 29.8 Å². The maximum Gasteiger partial charge on any atom is 0.138 e. The molecule has 0 spiro atoms. The zero-order chi connectivity index (χ0) is 13.2. The quantitative estimate of drug-likeness (QED) is 0.901. The predicted octanol–water partition coefficient (Wildman–Crippen LogP) is 3.74. The number of hydrogen-bond acceptors (Lipinski definition) is 3. The van der Waals surface area contributed by atoms with Crippen LogP contribution in [0.3, 0.4) is 0 Å². The molecule has 0 radical (unpaired) electrons. The van der Waals surface area contributed by atoms with Crippen LogP contribution in [0.25, 0.3) is 0 Å². The molecule has 3 rings (SSSR count). The molecule has 1 N–H and O–H groups in total. The molecule has 3 atom stereocenters. The van der Waals surface area contributed by atoms with Gasteiger partial charge in [-0.3, -0.25) is 0 Å². The van der Waals surface area contributed by atoms with Crippen molar-refractivity contribution in [1.82, 2.24) is 10.5 Å². The molecule has 0 aliphatic heterocycles. The number of hydrogen-bond donors (Lipinski definition) is 1. The van der Waals surface area contributed by atoms with E-state index in [4.69, 9.17) is 4.52 Å². The summed E-state index contributed by atoms with van der Waals surface area (Å²) in [6.45, 7) is 4.96. The minimum Gasteiger partial charge on any atom is -0.361 e. The highest BCUT2D eigenvalue weighted by Crippen LogP contribution is 2.40. The number of aromatic nitrogens is 1. The number of nitrogens with zero attached hydrogens (tertiary/aromatic N) is 1.